The van der Waals surface area contributed by atoms with Gasteiger partial charge in [-0.05, 0) is 48.9 Å². The van der Waals surface area contributed by atoms with Gasteiger partial charge in [-0.3, -0.25) is 9.59 Å². The zero-order chi connectivity index (χ0) is 16.5. The maximum absolute atomic E-state index is 11.8. The van der Waals surface area contributed by atoms with Gasteiger partial charge in [0.1, 0.15) is 0 Å². The first-order valence-corrected chi connectivity index (χ1v) is 8.61. The number of aromatic amines is 1. The van der Waals surface area contributed by atoms with Gasteiger partial charge < -0.3 is 10.3 Å². The van der Waals surface area contributed by atoms with Crippen molar-refractivity contribution in [1.82, 2.24) is 10.3 Å². The number of aryl methyl sites for hydroxylation is 1. The van der Waals surface area contributed by atoms with E-state index in [-0.39, 0.29) is 11.5 Å². The molecule has 1 amide bonds. The van der Waals surface area contributed by atoms with Crippen LogP contribution in [0.4, 0.5) is 0 Å². The third kappa shape index (κ3) is 6.82. The van der Waals surface area contributed by atoms with E-state index < -0.39 is 0 Å². The molecular formula is C18H21BrN2O2. The number of H-pyrrole nitrogens is 1. The standard InChI is InChI=1S/C18H21BrN2O2/c19-16-8-5-14(6-9-16)3-1-2-4-17(22)20-12-11-15-7-10-18(23)21-13-15/h5-10,13H,1-4,11-12H2,(H,20,22)(H,21,23). The first kappa shape index (κ1) is 17.5. The summed E-state index contributed by atoms with van der Waals surface area (Å²) >= 11 is 3.42. The van der Waals surface area contributed by atoms with Crippen molar-refractivity contribution >= 4 is 21.8 Å². The van der Waals surface area contributed by atoms with E-state index in [1.165, 1.54) is 11.6 Å². The van der Waals surface area contributed by atoms with Crippen molar-refractivity contribution in [2.75, 3.05) is 6.54 Å². The van der Waals surface area contributed by atoms with Crippen molar-refractivity contribution in [3.05, 3.63) is 68.5 Å². The Labute approximate surface area is 144 Å². The molecule has 1 aromatic carbocycles. The van der Waals surface area contributed by atoms with Gasteiger partial charge in [0, 0.05) is 29.7 Å². The number of nitrogens with one attached hydrogen (secondary N) is 2. The van der Waals surface area contributed by atoms with E-state index in [9.17, 15) is 9.59 Å². The average molecular weight is 377 g/mol. The highest BCUT2D eigenvalue weighted by molar-refractivity contribution is 9.10. The molecule has 0 spiro atoms. The summed E-state index contributed by atoms with van der Waals surface area (Å²) in [4.78, 5) is 25.3. The Morgan fingerprint density at radius 1 is 1.00 bits per heavy atom. The highest BCUT2D eigenvalue weighted by Crippen LogP contribution is 2.12. The van der Waals surface area contributed by atoms with E-state index >= 15 is 0 Å². The second kappa shape index (κ2) is 9.30. The molecule has 0 atom stereocenters. The number of carbonyl (C=O) groups excluding carboxylic acids is 1. The van der Waals surface area contributed by atoms with Crippen LogP contribution in [0.1, 0.15) is 30.4 Å². The normalized spacial score (nSPS) is 10.5. The number of benzene rings is 1. The number of halogens is 1. The van der Waals surface area contributed by atoms with Crippen LogP contribution in [0.3, 0.4) is 0 Å². The lowest BCUT2D eigenvalue weighted by atomic mass is 10.1. The van der Waals surface area contributed by atoms with Gasteiger partial charge in [0.05, 0.1) is 0 Å². The van der Waals surface area contributed by atoms with Crippen LogP contribution in [0.15, 0.2) is 51.9 Å². The molecule has 4 nitrogen and oxygen atoms in total. The molecule has 0 radical (unpaired) electrons. The van der Waals surface area contributed by atoms with Gasteiger partial charge in [-0.2, -0.15) is 0 Å². The first-order chi connectivity index (χ1) is 11.1. The number of pyridine rings is 1. The molecule has 23 heavy (non-hydrogen) atoms. The summed E-state index contributed by atoms with van der Waals surface area (Å²) in [5, 5.41) is 2.91. The van der Waals surface area contributed by atoms with Crippen LogP contribution in [0.25, 0.3) is 0 Å². The van der Waals surface area contributed by atoms with E-state index in [2.05, 4.69) is 38.4 Å². The number of rotatable bonds is 8. The van der Waals surface area contributed by atoms with Crippen molar-refractivity contribution < 1.29 is 4.79 Å². The molecule has 0 saturated heterocycles. The minimum absolute atomic E-state index is 0.0882. The fourth-order valence-electron chi connectivity index (χ4n) is 2.30. The van der Waals surface area contributed by atoms with Gasteiger partial charge in [0.2, 0.25) is 11.5 Å². The lowest BCUT2D eigenvalue weighted by molar-refractivity contribution is -0.121. The minimum Gasteiger partial charge on any atom is -0.356 e. The van der Waals surface area contributed by atoms with Crippen LogP contribution in [0.5, 0.6) is 0 Å². The smallest absolute Gasteiger partial charge is 0.247 e. The number of carbonyl (C=O) groups is 1. The molecule has 2 aromatic rings. The number of amides is 1. The van der Waals surface area contributed by atoms with Gasteiger partial charge in [-0.15, -0.1) is 0 Å². The van der Waals surface area contributed by atoms with Crippen molar-refractivity contribution in [2.45, 2.75) is 32.1 Å². The van der Waals surface area contributed by atoms with E-state index in [4.69, 9.17) is 0 Å². The molecule has 0 bridgehead atoms. The van der Waals surface area contributed by atoms with Crippen molar-refractivity contribution in [2.24, 2.45) is 0 Å². The summed E-state index contributed by atoms with van der Waals surface area (Å²) < 4.78 is 1.09. The van der Waals surface area contributed by atoms with Gasteiger partial charge in [-0.25, -0.2) is 0 Å². The summed E-state index contributed by atoms with van der Waals surface area (Å²) in [5.41, 5.74) is 2.20. The average Bonchev–Trinajstić information content (AvgIpc) is 2.55. The van der Waals surface area contributed by atoms with Crippen molar-refractivity contribution in [3.8, 4) is 0 Å². The van der Waals surface area contributed by atoms with E-state index in [1.807, 2.05) is 12.1 Å². The highest BCUT2D eigenvalue weighted by atomic mass is 79.9. The van der Waals surface area contributed by atoms with Crippen LogP contribution in [0, 0.1) is 0 Å². The largest absolute Gasteiger partial charge is 0.356 e. The van der Waals surface area contributed by atoms with Crippen molar-refractivity contribution in [1.29, 1.82) is 0 Å². The van der Waals surface area contributed by atoms with Crippen molar-refractivity contribution in [3.63, 3.8) is 0 Å². The predicted octanol–water partition coefficient (Wildman–Crippen LogP) is 3.21. The Balaban J connectivity index is 1.57. The zero-order valence-corrected chi connectivity index (χ0v) is 14.6. The second-order valence-corrected chi connectivity index (χ2v) is 6.41. The SMILES string of the molecule is O=C(CCCCc1ccc(Br)cc1)NCCc1ccc(=O)[nH]c1. The second-order valence-electron chi connectivity index (χ2n) is 5.49. The van der Waals surface area contributed by atoms with E-state index in [1.54, 1.807) is 12.3 Å². The molecular weight excluding hydrogens is 356 g/mol. The fourth-order valence-corrected chi connectivity index (χ4v) is 2.56. The summed E-state index contributed by atoms with van der Waals surface area (Å²) in [7, 11) is 0. The number of hydrogen-bond acceptors (Lipinski definition) is 2. The van der Waals surface area contributed by atoms with Crippen LogP contribution < -0.4 is 10.9 Å². The summed E-state index contributed by atoms with van der Waals surface area (Å²) in [6.07, 6.45) is 5.86. The molecule has 0 unspecified atom stereocenters. The predicted molar refractivity (Wildman–Crippen MR) is 95.5 cm³/mol. The Morgan fingerprint density at radius 2 is 1.74 bits per heavy atom. The minimum atomic E-state index is -0.108. The Bertz CT molecular complexity index is 660. The summed E-state index contributed by atoms with van der Waals surface area (Å²) in [5.74, 6) is 0.0882. The molecule has 0 aliphatic rings. The van der Waals surface area contributed by atoms with Crippen LogP contribution >= 0.6 is 15.9 Å². The molecule has 0 saturated carbocycles. The Hall–Kier alpha value is -1.88. The zero-order valence-electron chi connectivity index (χ0n) is 13.0. The van der Waals surface area contributed by atoms with Gasteiger partial charge >= 0.3 is 0 Å². The fraction of sp³-hybridized carbons (Fsp3) is 0.333. The molecule has 0 fully saturated rings. The van der Waals surface area contributed by atoms with Crippen LogP contribution in [-0.2, 0) is 17.6 Å². The van der Waals surface area contributed by atoms with Crippen LogP contribution in [0.2, 0.25) is 0 Å². The lowest BCUT2D eigenvalue weighted by Crippen LogP contribution is -2.25. The number of unbranched alkanes of at least 4 members (excludes halogenated alkanes) is 1. The topological polar surface area (TPSA) is 62.0 Å². The van der Waals surface area contributed by atoms with Gasteiger partial charge in [-0.1, -0.05) is 34.1 Å². The first-order valence-electron chi connectivity index (χ1n) is 7.82. The van der Waals surface area contributed by atoms with E-state index in [0.717, 1.165) is 35.7 Å². The molecule has 0 aliphatic heterocycles. The highest BCUT2D eigenvalue weighted by Gasteiger charge is 2.02. The van der Waals surface area contributed by atoms with Gasteiger partial charge in [0.15, 0.2) is 0 Å². The molecule has 1 aromatic heterocycles. The molecule has 0 aliphatic carbocycles. The summed E-state index contributed by atoms with van der Waals surface area (Å²) in [6, 6.07) is 11.6. The quantitative estimate of drug-likeness (QED) is 0.694. The molecule has 5 heteroatoms. The molecule has 122 valence electrons. The Kier molecular flexibility index (Phi) is 7.07. The maximum Gasteiger partial charge on any atom is 0.247 e. The van der Waals surface area contributed by atoms with Crippen LogP contribution in [-0.4, -0.2) is 17.4 Å². The van der Waals surface area contributed by atoms with Gasteiger partial charge in [0.25, 0.3) is 0 Å². The number of aromatic nitrogens is 1. The number of hydrogen-bond donors (Lipinski definition) is 2. The Morgan fingerprint density at radius 3 is 2.43 bits per heavy atom. The third-order valence-corrected chi connectivity index (χ3v) is 4.15. The van der Waals surface area contributed by atoms with E-state index in [0.29, 0.717) is 13.0 Å². The molecule has 2 N–H and O–H groups in total. The third-order valence-electron chi connectivity index (χ3n) is 3.62. The monoisotopic (exact) mass is 376 g/mol. The molecule has 1 heterocycles. The summed E-state index contributed by atoms with van der Waals surface area (Å²) in [6.45, 7) is 0.595. The molecule has 2 rings (SSSR count). The maximum atomic E-state index is 11.8. The lowest BCUT2D eigenvalue weighted by Gasteiger charge is -2.05.